The largest absolute Gasteiger partial charge is 0.477 e. The lowest BCUT2D eigenvalue weighted by Crippen LogP contribution is -2.07. The van der Waals surface area contributed by atoms with Crippen LogP contribution in [0.1, 0.15) is 32.3 Å². The second kappa shape index (κ2) is 9.00. The summed E-state index contributed by atoms with van der Waals surface area (Å²) in [5.41, 5.74) is 2.03. The van der Waals surface area contributed by atoms with E-state index in [1.54, 1.807) is 19.1 Å². The van der Waals surface area contributed by atoms with Crippen LogP contribution >= 0.6 is 19.2 Å². The Bertz CT molecular complexity index is 817. The molecule has 0 aliphatic rings. The molecule has 0 spiro atoms. The normalized spacial score (nSPS) is 14.8. The van der Waals surface area contributed by atoms with Gasteiger partial charge in [0, 0.05) is 5.02 Å². The summed E-state index contributed by atoms with van der Waals surface area (Å²) in [4.78, 5) is 18.8. The molecule has 144 valence electrons. The van der Waals surface area contributed by atoms with Gasteiger partial charge in [0.2, 0.25) is 0 Å². The maximum Gasteiger partial charge on any atom is 0.328 e. The van der Waals surface area contributed by atoms with E-state index in [9.17, 15) is 9.46 Å². The summed E-state index contributed by atoms with van der Waals surface area (Å²) >= 11 is 6.18. The van der Waals surface area contributed by atoms with Crippen molar-refractivity contribution >= 4 is 30.2 Å². The van der Waals surface area contributed by atoms with Crippen molar-refractivity contribution in [1.82, 2.24) is 9.97 Å². The van der Waals surface area contributed by atoms with Crippen LogP contribution in [0.25, 0.3) is 11.0 Å². The van der Waals surface area contributed by atoms with Crippen molar-refractivity contribution < 1.29 is 23.5 Å². The quantitative estimate of drug-likeness (QED) is 0.627. The molecule has 0 aliphatic heterocycles. The lowest BCUT2D eigenvalue weighted by atomic mass is 10.1. The van der Waals surface area contributed by atoms with E-state index in [1.165, 1.54) is 14.2 Å². The Hall–Kier alpha value is -1.40. The van der Waals surface area contributed by atoms with Gasteiger partial charge < -0.3 is 18.9 Å². The molecule has 1 heterocycles. The van der Waals surface area contributed by atoms with E-state index in [4.69, 9.17) is 25.6 Å². The molecule has 2 rings (SSSR count). The van der Waals surface area contributed by atoms with Crippen molar-refractivity contribution in [2.24, 2.45) is 0 Å². The molecular formula is C17H24ClN2O5P. The van der Waals surface area contributed by atoms with Gasteiger partial charge in [-0.25, -0.2) is 9.97 Å². The van der Waals surface area contributed by atoms with Gasteiger partial charge in [-0.1, -0.05) is 18.5 Å². The monoisotopic (exact) mass is 402 g/mol. The number of aromatic nitrogens is 2. The van der Waals surface area contributed by atoms with E-state index >= 15 is 0 Å². The zero-order valence-electron chi connectivity index (χ0n) is 15.4. The average molecular weight is 403 g/mol. The van der Waals surface area contributed by atoms with Crippen LogP contribution in [-0.2, 0) is 15.5 Å². The molecule has 0 radical (unpaired) electrons. The molecule has 1 aromatic heterocycles. The number of nitrogens with zero attached hydrogens (tertiary/aromatic N) is 2. The number of rotatable bonds is 9. The highest BCUT2D eigenvalue weighted by Crippen LogP contribution is 2.44. The predicted octanol–water partition coefficient (Wildman–Crippen LogP) is 4.23. The summed E-state index contributed by atoms with van der Waals surface area (Å²) in [5, 5.41) is 0.511. The van der Waals surface area contributed by atoms with Crippen LogP contribution in [0.15, 0.2) is 12.1 Å². The van der Waals surface area contributed by atoms with E-state index < -0.39 is 7.60 Å². The van der Waals surface area contributed by atoms with Gasteiger partial charge in [-0.05, 0) is 43.9 Å². The van der Waals surface area contributed by atoms with E-state index in [-0.39, 0.29) is 24.0 Å². The van der Waals surface area contributed by atoms with Crippen molar-refractivity contribution in [3.8, 4) is 11.8 Å². The number of halogens is 1. The van der Waals surface area contributed by atoms with E-state index in [0.29, 0.717) is 35.3 Å². The third kappa shape index (κ3) is 5.30. The lowest BCUT2D eigenvalue weighted by molar-refractivity contribution is 0.185. The lowest BCUT2D eigenvalue weighted by Gasteiger charge is -2.16. The zero-order chi connectivity index (χ0) is 19.3. The smallest absolute Gasteiger partial charge is 0.328 e. The Morgan fingerprint density at radius 1 is 1.23 bits per heavy atom. The molecular weight excluding hydrogens is 379 g/mol. The summed E-state index contributed by atoms with van der Waals surface area (Å²) in [5.74, 6) is 0.548. The Morgan fingerprint density at radius 2 is 1.88 bits per heavy atom. The molecule has 0 amide bonds. The highest BCUT2D eigenvalue weighted by Gasteiger charge is 2.22. The van der Waals surface area contributed by atoms with Gasteiger partial charge in [-0.3, -0.25) is 4.57 Å². The van der Waals surface area contributed by atoms with Crippen molar-refractivity contribution in [3.05, 3.63) is 22.7 Å². The van der Waals surface area contributed by atoms with Gasteiger partial charge in [0.15, 0.2) is 0 Å². The first-order valence-electron chi connectivity index (χ1n) is 8.38. The van der Waals surface area contributed by atoms with Gasteiger partial charge in [0.1, 0.15) is 0 Å². The topological polar surface area (TPSA) is 90.8 Å². The molecule has 0 aliphatic carbocycles. The summed E-state index contributed by atoms with van der Waals surface area (Å²) < 4.78 is 27.7. The predicted molar refractivity (Wildman–Crippen MR) is 102 cm³/mol. The SMILES string of the molecule is CCC(C)OP(=O)(O)CCCc1cc(Cl)cc2nc(OC)c(OC)nc12. The van der Waals surface area contributed by atoms with Crippen LogP contribution < -0.4 is 9.47 Å². The highest BCUT2D eigenvalue weighted by molar-refractivity contribution is 7.52. The van der Waals surface area contributed by atoms with Crippen molar-refractivity contribution in [3.63, 3.8) is 0 Å². The van der Waals surface area contributed by atoms with Crippen molar-refractivity contribution in [2.45, 2.75) is 39.2 Å². The fourth-order valence-corrected chi connectivity index (χ4v) is 4.10. The Labute approximate surface area is 158 Å². The van der Waals surface area contributed by atoms with E-state index in [1.807, 2.05) is 6.92 Å². The molecule has 2 aromatic rings. The van der Waals surface area contributed by atoms with Gasteiger partial charge in [-0.2, -0.15) is 0 Å². The number of aryl methyl sites for hydroxylation is 1. The fourth-order valence-electron chi connectivity index (χ4n) is 2.50. The van der Waals surface area contributed by atoms with Gasteiger partial charge >= 0.3 is 7.60 Å². The minimum atomic E-state index is -3.62. The second-order valence-corrected chi connectivity index (χ2v) is 8.33. The Balaban J connectivity index is 2.22. The minimum absolute atomic E-state index is 0.0616. The molecule has 26 heavy (non-hydrogen) atoms. The molecule has 2 unspecified atom stereocenters. The van der Waals surface area contributed by atoms with Gasteiger partial charge in [-0.15, -0.1) is 0 Å². The summed E-state index contributed by atoms with van der Waals surface area (Å²) in [7, 11) is -0.642. The Morgan fingerprint density at radius 3 is 2.50 bits per heavy atom. The van der Waals surface area contributed by atoms with Crippen LogP contribution in [0.5, 0.6) is 11.8 Å². The van der Waals surface area contributed by atoms with Crippen LogP contribution in [0.3, 0.4) is 0 Å². The maximum absolute atomic E-state index is 12.1. The number of fused-ring (bicyclic) bond motifs is 1. The minimum Gasteiger partial charge on any atom is -0.477 e. The third-order valence-electron chi connectivity index (χ3n) is 3.94. The molecule has 0 saturated heterocycles. The van der Waals surface area contributed by atoms with Crippen LogP contribution in [-0.4, -0.2) is 41.3 Å². The van der Waals surface area contributed by atoms with Gasteiger partial charge in [0.25, 0.3) is 11.8 Å². The summed E-state index contributed by atoms with van der Waals surface area (Å²) in [6.07, 6.45) is 1.46. The molecule has 1 N–H and O–H groups in total. The molecule has 0 fully saturated rings. The standard InChI is InChI=1S/C17H24ClN2O5P/c1-5-11(2)25-26(21,22)8-6-7-12-9-13(18)10-14-15(12)20-17(24-4)16(19-14)23-3/h9-11H,5-8H2,1-4H3,(H,21,22). The van der Waals surface area contributed by atoms with E-state index in [2.05, 4.69) is 9.97 Å². The molecule has 7 nitrogen and oxygen atoms in total. The van der Waals surface area contributed by atoms with Crippen molar-refractivity contribution in [1.29, 1.82) is 0 Å². The van der Waals surface area contributed by atoms with Crippen LogP contribution in [0, 0.1) is 0 Å². The second-order valence-electron chi connectivity index (χ2n) is 5.96. The average Bonchev–Trinajstić information content (AvgIpc) is 2.59. The highest BCUT2D eigenvalue weighted by atomic mass is 35.5. The Kier molecular flexibility index (Phi) is 7.24. The first-order chi connectivity index (χ1) is 12.3. The number of hydrogen-bond acceptors (Lipinski definition) is 6. The zero-order valence-corrected chi connectivity index (χ0v) is 17.0. The summed E-state index contributed by atoms with van der Waals surface area (Å²) in [6, 6.07) is 3.47. The molecule has 9 heteroatoms. The summed E-state index contributed by atoms with van der Waals surface area (Å²) in [6.45, 7) is 3.69. The van der Waals surface area contributed by atoms with Crippen molar-refractivity contribution in [2.75, 3.05) is 20.4 Å². The number of hydrogen-bond donors (Lipinski definition) is 1. The van der Waals surface area contributed by atoms with E-state index in [0.717, 1.165) is 5.56 Å². The maximum atomic E-state index is 12.1. The number of ether oxygens (including phenoxy) is 2. The fraction of sp³-hybridized carbons (Fsp3) is 0.529. The first-order valence-corrected chi connectivity index (χ1v) is 10.5. The first kappa shape index (κ1) is 20.9. The van der Waals surface area contributed by atoms with Gasteiger partial charge in [0.05, 0.1) is 37.5 Å². The third-order valence-corrected chi connectivity index (χ3v) is 5.73. The number of methoxy groups -OCH3 is 2. The molecule has 0 saturated carbocycles. The number of benzene rings is 1. The van der Waals surface area contributed by atoms with Crippen LogP contribution in [0.4, 0.5) is 0 Å². The molecule has 2 atom stereocenters. The van der Waals surface area contributed by atoms with Crippen LogP contribution in [0.2, 0.25) is 5.02 Å². The molecule has 0 bridgehead atoms. The molecule has 1 aromatic carbocycles.